The van der Waals surface area contributed by atoms with Crippen LogP contribution in [0.2, 0.25) is 0 Å². The number of nitrogens with zero attached hydrogens (tertiary/aromatic N) is 4. The summed E-state index contributed by atoms with van der Waals surface area (Å²) in [4.78, 5) is 16.4. The zero-order valence-corrected chi connectivity index (χ0v) is 24.2. The summed E-state index contributed by atoms with van der Waals surface area (Å²) in [6.45, 7) is 5.68. The van der Waals surface area contributed by atoms with Crippen molar-refractivity contribution < 1.29 is 42.5 Å². The fraction of sp³-hybridized carbons (Fsp3) is 0.462. The average Bonchev–Trinajstić information content (AvgIpc) is 3.46. The van der Waals surface area contributed by atoms with E-state index in [1.807, 2.05) is 20.8 Å². The first-order valence-corrected chi connectivity index (χ1v) is 14.4. The van der Waals surface area contributed by atoms with Gasteiger partial charge in [0.05, 0.1) is 12.3 Å². The third-order valence-corrected chi connectivity index (χ3v) is 7.89. The van der Waals surface area contributed by atoms with Crippen LogP contribution in [0.4, 0.5) is 10.2 Å². The second kappa shape index (κ2) is 11.6. The van der Waals surface area contributed by atoms with Crippen LogP contribution in [0.3, 0.4) is 0 Å². The number of hydrogen-bond donors (Lipinski definition) is 4. The van der Waals surface area contributed by atoms with Crippen LogP contribution in [0.25, 0.3) is 5.52 Å². The molecule has 16 heteroatoms. The molecule has 226 valence electrons. The second-order valence-electron chi connectivity index (χ2n) is 11.0. The van der Waals surface area contributed by atoms with Crippen LogP contribution in [0, 0.1) is 16.7 Å². The normalized spacial score (nSPS) is 26.3. The van der Waals surface area contributed by atoms with Crippen molar-refractivity contribution in [2.75, 3.05) is 18.9 Å². The number of nitrogens with one attached hydrogen (secondary N) is 1. The number of nitrogen functional groups attached to an aromatic ring is 1. The molecule has 5 N–H and O–H groups in total. The summed E-state index contributed by atoms with van der Waals surface area (Å²) in [5.41, 5.74) is 3.08. The van der Waals surface area contributed by atoms with E-state index >= 15 is 4.39 Å². The van der Waals surface area contributed by atoms with E-state index in [2.05, 4.69) is 15.2 Å². The van der Waals surface area contributed by atoms with Crippen LogP contribution in [0.15, 0.2) is 48.8 Å². The molecule has 6 atom stereocenters. The Morgan fingerprint density at radius 2 is 1.98 bits per heavy atom. The van der Waals surface area contributed by atoms with Gasteiger partial charge in [-0.2, -0.15) is 15.4 Å². The molecule has 3 aromatic rings. The fourth-order valence-electron chi connectivity index (χ4n) is 4.13. The number of fused-ring (bicyclic) bond motifs is 1. The van der Waals surface area contributed by atoms with Crippen molar-refractivity contribution in [3.05, 3.63) is 54.5 Å². The highest BCUT2D eigenvalue weighted by Gasteiger charge is 2.66. The van der Waals surface area contributed by atoms with Crippen LogP contribution in [0.1, 0.15) is 33.4 Å². The largest absolute Gasteiger partial charge is 0.464 e. The summed E-state index contributed by atoms with van der Waals surface area (Å²) < 4.78 is 52.7. The molecule has 2 aromatic heterocycles. The number of rotatable bonds is 10. The van der Waals surface area contributed by atoms with Crippen molar-refractivity contribution >= 4 is 25.1 Å². The second-order valence-corrected chi connectivity index (χ2v) is 12.7. The molecule has 0 spiro atoms. The lowest BCUT2D eigenvalue weighted by atomic mass is 9.92. The first-order valence-electron chi connectivity index (χ1n) is 12.8. The van der Waals surface area contributed by atoms with Gasteiger partial charge < -0.3 is 29.9 Å². The topological polar surface area (TPSA) is 204 Å². The smallest absolute Gasteiger partial charge is 0.459 e. The number of benzene rings is 1. The third kappa shape index (κ3) is 6.24. The van der Waals surface area contributed by atoms with E-state index in [1.54, 1.807) is 24.3 Å². The molecule has 0 radical (unpaired) electrons. The van der Waals surface area contributed by atoms with Crippen molar-refractivity contribution in [1.29, 1.82) is 5.26 Å². The summed E-state index contributed by atoms with van der Waals surface area (Å²) in [6.07, 6.45) is -3.43. The van der Waals surface area contributed by atoms with Crippen LogP contribution in [-0.2, 0) is 29.0 Å². The number of esters is 1. The number of para-hydroxylation sites is 1. The van der Waals surface area contributed by atoms with Gasteiger partial charge in [0.2, 0.25) is 5.60 Å². The third-order valence-electron chi connectivity index (χ3n) is 6.27. The molecule has 1 aromatic carbocycles. The van der Waals surface area contributed by atoms with E-state index in [-0.39, 0.29) is 34.8 Å². The van der Waals surface area contributed by atoms with Crippen LogP contribution in [0.5, 0.6) is 5.75 Å². The summed E-state index contributed by atoms with van der Waals surface area (Å²) in [6, 6.07) is 10.9. The van der Waals surface area contributed by atoms with Gasteiger partial charge in [-0.1, -0.05) is 39.0 Å². The van der Waals surface area contributed by atoms with Gasteiger partial charge in [0, 0.05) is 0 Å². The molecule has 1 saturated heterocycles. The molecule has 0 aliphatic carbocycles. The van der Waals surface area contributed by atoms with Gasteiger partial charge in [0.15, 0.2) is 5.82 Å². The minimum atomic E-state index is -4.60. The highest BCUT2D eigenvalue weighted by Crippen LogP contribution is 2.50. The van der Waals surface area contributed by atoms with Gasteiger partial charge in [-0.3, -0.25) is 9.32 Å². The van der Waals surface area contributed by atoms with E-state index in [9.17, 15) is 24.8 Å². The predicted octanol–water partition coefficient (Wildman–Crippen LogP) is 2.22. The Morgan fingerprint density at radius 3 is 2.62 bits per heavy atom. The molecule has 3 heterocycles. The summed E-state index contributed by atoms with van der Waals surface area (Å²) >= 11 is 0. The monoisotopic (exact) mass is 606 g/mol. The van der Waals surface area contributed by atoms with Crippen molar-refractivity contribution in [3.63, 3.8) is 0 Å². The lowest BCUT2D eigenvalue weighted by Gasteiger charge is -2.28. The molecule has 1 fully saturated rings. The van der Waals surface area contributed by atoms with Crippen molar-refractivity contribution in [1.82, 2.24) is 19.7 Å². The molecule has 0 saturated carbocycles. The minimum absolute atomic E-state index is 0.0347. The molecule has 14 nitrogen and oxygen atoms in total. The number of hydrogen-bond acceptors (Lipinski definition) is 12. The molecular formula is C26H32FN6O8P. The molecule has 0 amide bonds. The van der Waals surface area contributed by atoms with E-state index < -0.39 is 50.0 Å². The van der Waals surface area contributed by atoms with E-state index in [0.717, 1.165) is 10.8 Å². The Bertz CT molecular complexity index is 1530. The maximum absolute atomic E-state index is 16.3. The van der Waals surface area contributed by atoms with Crippen molar-refractivity contribution in [3.8, 4) is 11.8 Å². The number of halogens is 1. The number of aliphatic hydroxyl groups excluding tert-OH is 2. The van der Waals surface area contributed by atoms with E-state index in [4.69, 9.17) is 24.3 Å². The Morgan fingerprint density at radius 1 is 1.29 bits per heavy atom. The van der Waals surface area contributed by atoms with Crippen molar-refractivity contribution in [2.45, 2.75) is 57.4 Å². The van der Waals surface area contributed by atoms with Gasteiger partial charge in [-0.15, -0.1) is 0 Å². The van der Waals surface area contributed by atoms with Crippen LogP contribution < -0.4 is 15.3 Å². The molecule has 1 unspecified atom stereocenters. The number of anilines is 1. The molecule has 1 aliphatic heterocycles. The Labute approximate surface area is 240 Å². The highest BCUT2D eigenvalue weighted by molar-refractivity contribution is 7.52. The number of aromatic nitrogens is 3. The predicted molar refractivity (Wildman–Crippen MR) is 145 cm³/mol. The van der Waals surface area contributed by atoms with Gasteiger partial charge in [0.25, 0.3) is 5.85 Å². The molecular weight excluding hydrogens is 574 g/mol. The molecule has 42 heavy (non-hydrogen) atoms. The van der Waals surface area contributed by atoms with Gasteiger partial charge >= 0.3 is 13.7 Å². The maximum Gasteiger partial charge on any atom is 0.459 e. The Hall–Kier alpha value is -3.64. The number of carbonyl (C=O) groups excluding carboxylic acids is 1. The lowest BCUT2D eigenvalue weighted by molar-refractivity contribution is -0.208. The number of aliphatic hydroxyl groups is 2. The number of carbonyl (C=O) groups is 1. The summed E-state index contributed by atoms with van der Waals surface area (Å²) in [5, 5.41) is 38.1. The molecule has 0 bridgehead atoms. The van der Waals surface area contributed by atoms with Gasteiger partial charge in [0.1, 0.15) is 48.5 Å². The average molecular weight is 607 g/mol. The van der Waals surface area contributed by atoms with Gasteiger partial charge in [-0.25, -0.2) is 18.5 Å². The summed E-state index contributed by atoms with van der Waals surface area (Å²) in [5.74, 6) is -3.98. The summed E-state index contributed by atoms with van der Waals surface area (Å²) in [7, 11) is -4.60. The van der Waals surface area contributed by atoms with E-state index in [0.29, 0.717) is 0 Å². The lowest BCUT2D eigenvalue weighted by Crippen LogP contribution is -2.44. The van der Waals surface area contributed by atoms with Crippen LogP contribution in [-0.4, -0.2) is 68.1 Å². The zero-order chi connectivity index (χ0) is 30.9. The fourth-order valence-corrected chi connectivity index (χ4v) is 5.64. The molecule has 1 aliphatic rings. The maximum atomic E-state index is 16.3. The number of nitrogens with two attached hydrogens (primary N) is 1. The SMILES string of the molecule is C[C@H](NP(=O)(OC[C@@]1(F)O[C@@](C#N)(c2ccc3c(N)ncnn23)[C@H](O)[C@@H]1O)Oc1ccccc1)C(=O)OCC(C)(C)C. The first kappa shape index (κ1) is 31.3. The highest BCUT2D eigenvalue weighted by atomic mass is 31.2. The van der Waals surface area contributed by atoms with Gasteiger partial charge in [-0.05, 0) is 36.6 Å². The molecule has 4 rings (SSSR count). The standard InChI is InChI=1S/C26H32FN6O8P/c1-16(23(36)38-13-24(2,3)4)32-42(37,40-17-8-6-5-7-9-17)39-14-26(27)21(35)20(34)25(12-28,41-26)19-11-10-18-22(29)30-15-31-33(18)19/h5-11,15-16,20-21,34-35H,13-14H2,1-4H3,(H,32,37)(H2,29,30,31)/t16-,20+,21-,25-,26+,42?/m0/s1. The minimum Gasteiger partial charge on any atom is -0.464 e. The zero-order valence-electron chi connectivity index (χ0n) is 23.3. The number of nitriles is 1. The Balaban J connectivity index is 1.60. The van der Waals surface area contributed by atoms with Crippen molar-refractivity contribution in [2.24, 2.45) is 5.41 Å². The quantitative estimate of drug-likeness (QED) is 0.193. The number of alkyl halides is 1. The Kier molecular flexibility index (Phi) is 8.62. The first-order chi connectivity index (χ1) is 19.6. The van der Waals surface area contributed by atoms with E-state index in [1.165, 1.54) is 31.2 Å². The number of ether oxygens (including phenoxy) is 2. The van der Waals surface area contributed by atoms with Crippen LogP contribution >= 0.6 is 7.75 Å².